The number of rotatable bonds is 9. The number of ketones is 1. The third-order valence-electron chi connectivity index (χ3n) is 7.64. The van der Waals surface area contributed by atoms with Gasteiger partial charge in [-0.15, -0.1) is 0 Å². The fraction of sp³-hybridized carbons (Fsp3) is 0.281. The predicted molar refractivity (Wildman–Crippen MR) is 151 cm³/mol. The smallest absolute Gasteiger partial charge is 0.399 e. The van der Waals surface area contributed by atoms with Crippen LogP contribution in [0.1, 0.15) is 52.5 Å². The number of pyridine rings is 1. The zero-order chi connectivity index (χ0) is 31.8. The number of benzene rings is 2. The number of aromatic nitrogens is 3. The second-order valence-corrected chi connectivity index (χ2v) is 10.9. The van der Waals surface area contributed by atoms with E-state index in [1.807, 2.05) is 0 Å². The highest BCUT2D eigenvalue weighted by molar-refractivity contribution is 5.80. The first kappa shape index (κ1) is 31.0. The average Bonchev–Trinajstić information content (AvgIpc) is 3.30. The molecule has 6 nitrogen and oxygen atoms in total. The maximum absolute atomic E-state index is 14.4. The Kier molecular flexibility index (Phi) is 8.64. The Labute approximate surface area is 248 Å². The Hall–Kier alpha value is -4.45. The molecule has 5 rings (SSSR count). The van der Waals surface area contributed by atoms with Gasteiger partial charge >= 0.3 is 6.18 Å². The Bertz CT molecular complexity index is 1710. The van der Waals surface area contributed by atoms with Gasteiger partial charge in [0.15, 0.2) is 11.5 Å². The molecule has 230 valence electrons. The fourth-order valence-corrected chi connectivity index (χ4v) is 5.74. The third kappa shape index (κ3) is 6.70. The van der Waals surface area contributed by atoms with Gasteiger partial charge in [-0.3, -0.25) is 14.5 Å². The zero-order valence-corrected chi connectivity index (χ0v) is 23.3. The summed E-state index contributed by atoms with van der Waals surface area (Å²) >= 11 is 0. The van der Waals surface area contributed by atoms with Crippen molar-refractivity contribution in [2.24, 2.45) is 5.73 Å². The van der Waals surface area contributed by atoms with Crippen LogP contribution < -0.4 is 5.73 Å². The maximum atomic E-state index is 14.4. The number of halogens is 6. The normalized spacial score (nSPS) is 15.6. The molecule has 0 radical (unpaired) electrons. The van der Waals surface area contributed by atoms with E-state index in [-0.39, 0.29) is 60.2 Å². The van der Waals surface area contributed by atoms with Gasteiger partial charge in [0.2, 0.25) is 0 Å². The van der Waals surface area contributed by atoms with E-state index < -0.39 is 53.7 Å². The first-order valence-corrected chi connectivity index (χ1v) is 13.8. The van der Waals surface area contributed by atoms with Crippen LogP contribution in [0.2, 0.25) is 0 Å². The first-order chi connectivity index (χ1) is 20.8. The Morgan fingerprint density at radius 1 is 1.11 bits per heavy atom. The molecule has 2 heterocycles. The molecule has 0 spiro atoms. The molecule has 2 aromatic carbocycles. The van der Waals surface area contributed by atoms with Crippen LogP contribution in [-0.2, 0) is 36.8 Å². The van der Waals surface area contributed by atoms with Crippen molar-refractivity contribution in [2.75, 3.05) is 0 Å². The highest BCUT2D eigenvalue weighted by Crippen LogP contribution is 2.37. The number of hydrogen-bond acceptors (Lipinski definition) is 5. The fourth-order valence-electron chi connectivity index (χ4n) is 5.74. The summed E-state index contributed by atoms with van der Waals surface area (Å²) in [5.41, 5.74) is 6.36. The van der Waals surface area contributed by atoms with Crippen molar-refractivity contribution in [1.29, 1.82) is 0 Å². The minimum atomic E-state index is -4.77. The molecule has 2 aromatic heterocycles. The molecule has 0 fully saturated rings. The van der Waals surface area contributed by atoms with Crippen LogP contribution in [0.4, 0.5) is 26.3 Å². The minimum absolute atomic E-state index is 0.00921. The van der Waals surface area contributed by atoms with E-state index in [2.05, 4.69) is 16.7 Å². The molecule has 4 aromatic rings. The van der Waals surface area contributed by atoms with Gasteiger partial charge in [0.25, 0.3) is 0 Å². The van der Waals surface area contributed by atoms with Crippen molar-refractivity contribution in [3.05, 3.63) is 113 Å². The molecule has 0 unspecified atom stereocenters. The molecule has 0 saturated heterocycles. The summed E-state index contributed by atoms with van der Waals surface area (Å²) in [4.78, 5) is 18.0. The summed E-state index contributed by atoms with van der Waals surface area (Å²) in [6.07, 6.45) is -4.44. The van der Waals surface area contributed by atoms with Gasteiger partial charge in [-0.1, -0.05) is 18.7 Å². The van der Waals surface area contributed by atoms with E-state index in [1.165, 1.54) is 24.4 Å². The molecular weight excluding hydrogens is 586 g/mol. The topological polar surface area (TPSA) is 94.0 Å². The summed E-state index contributed by atoms with van der Waals surface area (Å²) in [7, 11) is 0. The van der Waals surface area contributed by atoms with Crippen LogP contribution in [0.25, 0.3) is 16.8 Å². The van der Waals surface area contributed by atoms with E-state index >= 15 is 0 Å². The van der Waals surface area contributed by atoms with Gasteiger partial charge in [-0.2, -0.15) is 18.3 Å². The van der Waals surface area contributed by atoms with E-state index in [1.54, 1.807) is 12.1 Å². The van der Waals surface area contributed by atoms with E-state index in [0.717, 1.165) is 16.8 Å². The number of carbonyl (C=O) groups is 1. The first-order valence-electron chi connectivity index (χ1n) is 13.8. The predicted octanol–water partition coefficient (Wildman–Crippen LogP) is 6.15. The lowest BCUT2D eigenvalue weighted by molar-refractivity contribution is -0.142. The maximum Gasteiger partial charge on any atom is 0.435 e. The molecule has 0 amide bonds. The van der Waals surface area contributed by atoms with Crippen molar-refractivity contribution in [2.45, 2.75) is 56.8 Å². The SMILES string of the molecule is C=C(N)c1cc(-c2cccnc2[C@@H](CC(=O)Cn2nc(C(F)(F)F)c3c2CC[C@H](O)C3)Cc2cc(F)cc(F)c2)ccc1F. The number of carbonyl (C=O) groups excluding carboxylic acids is 1. The van der Waals surface area contributed by atoms with E-state index in [4.69, 9.17) is 5.73 Å². The Balaban J connectivity index is 1.52. The molecule has 44 heavy (non-hydrogen) atoms. The highest BCUT2D eigenvalue weighted by atomic mass is 19.4. The number of alkyl halides is 3. The largest absolute Gasteiger partial charge is 0.435 e. The molecule has 2 atom stereocenters. The van der Waals surface area contributed by atoms with Gasteiger partial charge in [-0.25, -0.2) is 13.2 Å². The molecule has 0 saturated carbocycles. The van der Waals surface area contributed by atoms with Gasteiger partial charge in [0, 0.05) is 59.1 Å². The van der Waals surface area contributed by atoms with Gasteiger partial charge < -0.3 is 10.8 Å². The molecular formula is C32H28F6N4O2. The third-order valence-corrected chi connectivity index (χ3v) is 7.64. The van der Waals surface area contributed by atoms with Crippen LogP contribution in [0.3, 0.4) is 0 Å². The number of Topliss-reactive ketones (excluding diaryl/α,β-unsaturated/α-hetero) is 1. The lowest BCUT2D eigenvalue weighted by Crippen LogP contribution is -2.23. The number of hydrogen-bond donors (Lipinski definition) is 2. The van der Waals surface area contributed by atoms with Gasteiger partial charge in [-0.05, 0) is 60.7 Å². The summed E-state index contributed by atoms with van der Waals surface area (Å²) in [6, 6.07) is 10.5. The highest BCUT2D eigenvalue weighted by Gasteiger charge is 2.41. The van der Waals surface area contributed by atoms with Crippen molar-refractivity contribution >= 4 is 11.5 Å². The van der Waals surface area contributed by atoms with Crippen LogP contribution in [0.5, 0.6) is 0 Å². The Morgan fingerprint density at radius 3 is 2.52 bits per heavy atom. The molecule has 3 N–H and O–H groups in total. The standard InChI is InChI=1S/C32H28F6N4O2/c1-17(39)26-13-19(4-6-28(26)35)25-3-2-8-40-30(25)20(9-18-10-21(33)14-22(34)11-18)12-24(44)16-42-29-7-5-23(43)15-27(29)31(41-42)32(36,37)38/h2-4,6,8,10-11,13-14,20,23,43H,1,5,7,9,12,15-16,39H2/t20-,23+/m1/s1. The van der Waals surface area contributed by atoms with Crippen LogP contribution >= 0.6 is 0 Å². The second kappa shape index (κ2) is 12.3. The van der Waals surface area contributed by atoms with Crippen LogP contribution in [0, 0.1) is 17.5 Å². The van der Waals surface area contributed by atoms with Crippen LogP contribution in [-0.4, -0.2) is 31.8 Å². The van der Waals surface area contributed by atoms with Crippen molar-refractivity contribution < 1.29 is 36.2 Å². The molecule has 0 aliphatic heterocycles. The summed E-state index contributed by atoms with van der Waals surface area (Å²) < 4.78 is 84.9. The summed E-state index contributed by atoms with van der Waals surface area (Å²) in [5, 5.41) is 13.7. The minimum Gasteiger partial charge on any atom is -0.399 e. The number of fused-ring (bicyclic) bond motifs is 1. The second-order valence-electron chi connectivity index (χ2n) is 10.9. The van der Waals surface area contributed by atoms with E-state index in [0.29, 0.717) is 22.9 Å². The molecule has 0 bridgehead atoms. The van der Waals surface area contributed by atoms with Gasteiger partial charge in [0.05, 0.1) is 18.3 Å². The summed E-state index contributed by atoms with van der Waals surface area (Å²) in [6.45, 7) is 3.11. The van der Waals surface area contributed by atoms with Gasteiger partial charge in [0.1, 0.15) is 17.5 Å². The summed E-state index contributed by atoms with van der Waals surface area (Å²) in [5.74, 6) is -3.52. The number of nitrogens with two attached hydrogens (primary N) is 1. The van der Waals surface area contributed by atoms with Crippen molar-refractivity contribution in [1.82, 2.24) is 14.8 Å². The van der Waals surface area contributed by atoms with Crippen molar-refractivity contribution in [3.63, 3.8) is 0 Å². The Morgan fingerprint density at radius 2 is 1.84 bits per heavy atom. The van der Waals surface area contributed by atoms with E-state index in [9.17, 15) is 36.2 Å². The zero-order valence-electron chi connectivity index (χ0n) is 23.3. The van der Waals surface area contributed by atoms with Crippen LogP contribution in [0.15, 0.2) is 61.3 Å². The molecule has 12 heteroatoms. The lowest BCUT2D eigenvalue weighted by Gasteiger charge is -2.21. The monoisotopic (exact) mass is 614 g/mol. The average molecular weight is 615 g/mol. The molecule has 1 aliphatic rings. The van der Waals surface area contributed by atoms with Crippen molar-refractivity contribution in [3.8, 4) is 11.1 Å². The number of aliphatic hydroxyl groups excluding tert-OH is 1. The lowest BCUT2D eigenvalue weighted by atomic mass is 9.86. The quantitative estimate of drug-likeness (QED) is 0.221. The number of aliphatic hydroxyl groups is 1. The number of nitrogens with zero attached hydrogens (tertiary/aromatic N) is 3. The molecule has 1 aliphatic carbocycles.